The molecule has 3 amide bonds. The van der Waals surface area contributed by atoms with Crippen LogP contribution in [0, 0.1) is 5.92 Å². The van der Waals surface area contributed by atoms with Crippen molar-refractivity contribution in [2.24, 2.45) is 5.92 Å². The first-order chi connectivity index (χ1) is 24.4. The summed E-state index contributed by atoms with van der Waals surface area (Å²) in [5.74, 6) is 0.231. The van der Waals surface area contributed by atoms with Gasteiger partial charge in [-0.25, -0.2) is 4.79 Å². The highest BCUT2D eigenvalue weighted by atomic mass is 16.5. The molecule has 0 radical (unpaired) electrons. The zero-order valence-electron chi connectivity index (χ0n) is 29.2. The Hall–Kier alpha value is -4.99. The maximum atomic E-state index is 13.0. The van der Waals surface area contributed by atoms with Crippen molar-refractivity contribution >= 4 is 17.9 Å². The van der Waals surface area contributed by atoms with Gasteiger partial charge in [0, 0.05) is 71.4 Å². The van der Waals surface area contributed by atoms with E-state index in [1.165, 1.54) is 23.8 Å². The number of carbonyl (C=O) groups excluding carboxylic acids is 3. The molecule has 6 rings (SSSR count). The lowest BCUT2D eigenvalue weighted by Gasteiger charge is -2.24. The third-order valence-corrected chi connectivity index (χ3v) is 9.10. The lowest BCUT2D eigenvalue weighted by molar-refractivity contribution is -0.134. The smallest absolute Gasteiger partial charge is 0.407 e. The van der Waals surface area contributed by atoms with Crippen molar-refractivity contribution in [2.75, 3.05) is 46.4 Å². The first-order valence-corrected chi connectivity index (χ1v) is 17.4. The first kappa shape index (κ1) is 36.3. The summed E-state index contributed by atoms with van der Waals surface area (Å²) in [6.07, 6.45) is -0.588. The molecule has 2 aliphatic rings. The maximum absolute atomic E-state index is 13.0. The van der Waals surface area contributed by atoms with Crippen LogP contribution in [-0.2, 0) is 40.5 Å². The molecule has 2 aliphatic heterocycles. The van der Waals surface area contributed by atoms with E-state index in [0.29, 0.717) is 26.2 Å². The van der Waals surface area contributed by atoms with Crippen molar-refractivity contribution in [1.82, 2.24) is 24.9 Å². The van der Waals surface area contributed by atoms with E-state index in [1.54, 1.807) is 4.90 Å². The second-order valence-electron chi connectivity index (χ2n) is 13.0. The molecule has 0 aromatic heterocycles. The van der Waals surface area contributed by atoms with E-state index in [9.17, 15) is 14.4 Å². The summed E-state index contributed by atoms with van der Waals surface area (Å²) in [6, 6.07) is 40.1. The Morgan fingerprint density at radius 2 is 0.960 bits per heavy atom. The number of methoxy groups -OCH3 is 1. The highest BCUT2D eigenvalue weighted by molar-refractivity contribution is 5.86. The molecule has 2 saturated heterocycles. The van der Waals surface area contributed by atoms with Gasteiger partial charge in [-0.3, -0.25) is 19.4 Å². The van der Waals surface area contributed by atoms with Crippen LogP contribution in [0.25, 0.3) is 0 Å². The van der Waals surface area contributed by atoms with Crippen molar-refractivity contribution in [1.29, 1.82) is 0 Å². The highest BCUT2D eigenvalue weighted by Gasteiger charge is 2.32. The van der Waals surface area contributed by atoms with Gasteiger partial charge >= 0.3 is 6.09 Å². The van der Waals surface area contributed by atoms with Crippen LogP contribution in [0.1, 0.15) is 29.2 Å². The van der Waals surface area contributed by atoms with E-state index in [-0.39, 0.29) is 17.7 Å². The van der Waals surface area contributed by atoms with Crippen LogP contribution in [0.15, 0.2) is 121 Å². The van der Waals surface area contributed by atoms with Gasteiger partial charge in [-0.15, -0.1) is 0 Å². The lowest BCUT2D eigenvalue weighted by Crippen LogP contribution is -2.50. The molecule has 9 nitrogen and oxygen atoms in total. The first-order valence-electron chi connectivity index (χ1n) is 17.4. The number of carbonyl (C=O) groups is 3. The van der Waals surface area contributed by atoms with Gasteiger partial charge in [0.2, 0.25) is 11.8 Å². The van der Waals surface area contributed by atoms with Crippen molar-refractivity contribution in [3.05, 3.63) is 144 Å². The van der Waals surface area contributed by atoms with Crippen molar-refractivity contribution < 1.29 is 19.1 Å². The molecule has 4 aromatic carbocycles. The van der Waals surface area contributed by atoms with Crippen LogP contribution in [0.5, 0.6) is 0 Å². The number of rotatable bonds is 9. The van der Waals surface area contributed by atoms with E-state index in [0.717, 1.165) is 44.8 Å². The summed E-state index contributed by atoms with van der Waals surface area (Å²) in [7, 11) is 1.31. The van der Waals surface area contributed by atoms with E-state index in [4.69, 9.17) is 4.74 Å². The summed E-state index contributed by atoms with van der Waals surface area (Å²) in [5, 5.41) is 2.70. The highest BCUT2D eigenvalue weighted by Crippen LogP contribution is 2.17. The van der Waals surface area contributed by atoms with Gasteiger partial charge in [0.25, 0.3) is 0 Å². The third kappa shape index (κ3) is 11.0. The quantitative estimate of drug-likeness (QED) is 0.255. The lowest BCUT2D eigenvalue weighted by atomic mass is 10.1. The molecular weight excluding hydrogens is 626 g/mol. The number of benzene rings is 4. The fourth-order valence-electron chi connectivity index (χ4n) is 6.46. The number of ether oxygens (including phenoxy) is 1. The SMILES string of the molecule is CC1CN(Cc2ccccc2)CCN(Cc2ccccc2)C1=O.COC(=O)NC1CN(Cc2ccccc2)CCN(Cc2ccccc2)C1=O. The number of nitrogens with zero attached hydrogens (tertiary/aromatic N) is 4. The molecule has 262 valence electrons. The van der Waals surface area contributed by atoms with Gasteiger partial charge in [0.15, 0.2) is 0 Å². The van der Waals surface area contributed by atoms with Gasteiger partial charge in [-0.05, 0) is 22.3 Å². The van der Waals surface area contributed by atoms with Gasteiger partial charge in [0.1, 0.15) is 6.04 Å². The number of alkyl carbamates (subject to hydrolysis) is 1. The Kier molecular flexibility index (Phi) is 13.6. The van der Waals surface area contributed by atoms with Crippen LogP contribution in [0.3, 0.4) is 0 Å². The maximum Gasteiger partial charge on any atom is 0.407 e. The van der Waals surface area contributed by atoms with Gasteiger partial charge < -0.3 is 19.9 Å². The average Bonchev–Trinajstić information content (AvgIpc) is 3.37. The summed E-state index contributed by atoms with van der Waals surface area (Å²) in [6.45, 7) is 9.29. The molecule has 2 atom stereocenters. The summed E-state index contributed by atoms with van der Waals surface area (Å²) in [5.41, 5.74) is 4.76. The minimum atomic E-state index is -0.632. The topological polar surface area (TPSA) is 85.4 Å². The molecule has 0 bridgehead atoms. The van der Waals surface area contributed by atoms with E-state index in [2.05, 4.69) is 63.6 Å². The Morgan fingerprint density at radius 3 is 1.38 bits per heavy atom. The molecule has 0 spiro atoms. The zero-order chi connectivity index (χ0) is 35.1. The molecule has 50 heavy (non-hydrogen) atoms. The van der Waals surface area contributed by atoms with E-state index < -0.39 is 12.1 Å². The van der Waals surface area contributed by atoms with E-state index in [1.807, 2.05) is 84.6 Å². The molecule has 0 saturated carbocycles. The fraction of sp³-hybridized carbons (Fsp3) is 0.341. The van der Waals surface area contributed by atoms with Crippen LogP contribution < -0.4 is 5.32 Å². The number of amides is 3. The predicted molar refractivity (Wildman–Crippen MR) is 196 cm³/mol. The summed E-state index contributed by atoms with van der Waals surface area (Å²) in [4.78, 5) is 45.8. The second kappa shape index (κ2) is 18.7. The predicted octanol–water partition coefficient (Wildman–Crippen LogP) is 5.42. The average molecular weight is 676 g/mol. The Morgan fingerprint density at radius 1 is 0.580 bits per heavy atom. The summed E-state index contributed by atoms with van der Waals surface area (Å²) >= 11 is 0. The van der Waals surface area contributed by atoms with Gasteiger partial charge in [-0.1, -0.05) is 128 Å². The molecule has 9 heteroatoms. The van der Waals surface area contributed by atoms with E-state index >= 15 is 0 Å². The molecule has 2 heterocycles. The normalized spacial score (nSPS) is 18.8. The second-order valence-corrected chi connectivity index (χ2v) is 13.0. The molecular formula is C41H49N5O4. The minimum absolute atomic E-state index is 0.0462. The van der Waals surface area contributed by atoms with Gasteiger partial charge in [0.05, 0.1) is 7.11 Å². The Labute approximate surface area is 296 Å². The zero-order valence-corrected chi connectivity index (χ0v) is 29.2. The number of hydrogen-bond acceptors (Lipinski definition) is 6. The van der Waals surface area contributed by atoms with Crippen molar-refractivity contribution in [3.8, 4) is 0 Å². The summed E-state index contributed by atoms with van der Waals surface area (Å²) < 4.78 is 4.71. The number of nitrogens with one attached hydrogen (secondary N) is 1. The Bertz CT molecular complexity index is 1620. The van der Waals surface area contributed by atoms with Crippen LogP contribution in [-0.4, -0.2) is 89.9 Å². The number of hydrogen-bond donors (Lipinski definition) is 1. The fourth-order valence-corrected chi connectivity index (χ4v) is 6.46. The largest absolute Gasteiger partial charge is 0.453 e. The van der Waals surface area contributed by atoms with Crippen LogP contribution in [0.2, 0.25) is 0 Å². The standard InChI is InChI=1S/C21H25N3O3.C20H24N2O/c1-27-21(26)22-19-16-23(14-17-8-4-2-5-9-17)12-13-24(20(19)25)15-18-10-6-3-7-11-18;1-17-14-21(15-18-8-4-2-5-9-18)12-13-22(20(17)23)16-19-10-6-3-7-11-19/h2-11,19H,12-16H2,1H3,(H,22,26);2-11,17H,12-16H2,1H3. The van der Waals surface area contributed by atoms with Gasteiger partial charge in [-0.2, -0.15) is 0 Å². The van der Waals surface area contributed by atoms with Crippen molar-refractivity contribution in [2.45, 2.75) is 39.1 Å². The molecule has 0 aliphatic carbocycles. The molecule has 4 aromatic rings. The minimum Gasteiger partial charge on any atom is -0.453 e. The molecule has 2 fully saturated rings. The monoisotopic (exact) mass is 675 g/mol. The van der Waals surface area contributed by atoms with Crippen LogP contribution >= 0.6 is 0 Å². The Balaban J connectivity index is 0.000000197. The molecule has 2 unspecified atom stereocenters. The third-order valence-electron chi connectivity index (χ3n) is 9.10. The van der Waals surface area contributed by atoms with Crippen LogP contribution in [0.4, 0.5) is 4.79 Å². The van der Waals surface area contributed by atoms with Crippen molar-refractivity contribution in [3.63, 3.8) is 0 Å². The molecule has 1 N–H and O–H groups in total.